The highest BCUT2D eigenvalue weighted by molar-refractivity contribution is 6.30. The van der Waals surface area contributed by atoms with E-state index in [0.29, 0.717) is 18.1 Å². The molecule has 0 unspecified atom stereocenters. The Kier molecular flexibility index (Phi) is 3.61. The summed E-state index contributed by atoms with van der Waals surface area (Å²) >= 11 is 5.98. The van der Waals surface area contributed by atoms with Crippen LogP contribution in [0.5, 0.6) is 5.75 Å². The first-order valence-corrected chi connectivity index (χ1v) is 6.83. The van der Waals surface area contributed by atoms with Gasteiger partial charge in [-0.15, -0.1) is 0 Å². The molecule has 0 N–H and O–H groups in total. The SMILES string of the molecule is O=C1COc2ccccc2CN1Cc1cccc(Cl)c1. The van der Waals surface area contributed by atoms with E-state index in [1.54, 1.807) is 4.90 Å². The summed E-state index contributed by atoms with van der Waals surface area (Å²) in [5.41, 5.74) is 2.05. The molecule has 0 aromatic heterocycles. The van der Waals surface area contributed by atoms with Crippen molar-refractivity contribution in [2.75, 3.05) is 6.61 Å². The topological polar surface area (TPSA) is 29.5 Å². The highest BCUT2D eigenvalue weighted by Crippen LogP contribution is 2.24. The fraction of sp³-hybridized carbons (Fsp3) is 0.188. The summed E-state index contributed by atoms with van der Waals surface area (Å²) in [5.74, 6) is 0.774. The van der Waals surface area contributed by atoms with Gasteiger partial charge >= 0.3 is 0 Å². The van der Waals surface area contributed by atoms with E-state index in [9.17, 15) is 4.79 Å². The fourth-order valence-corrected chi connectivity index (χ4v) is 2.51. The minimum Gasteiger partial charge on any atom is -0.483 e. The van der Waals surface area contributed by atoms with Gasteiger partial charge in [0.2, 0.25) is 0 Å². The number of para-hydroxylation sites is 1. The third kappa shape index (κ3) is 2.78. The molecule has 0 aliphatic carbocycles. The summed E-state index contributed by atoms with van der Waals surface area (Å²) < 4.78 is 5.54. The van der Waals surface area contributed by atoms with E-state index in [4.69, 9.17) is 16.3 Å². The lowest BCUT2D eigenvalue weighted by Gasteiger charge is -2.20. The van der Waals surface area contributed by atoms with Gasteiger partial charge in [-0.1, -0.05) is 41.9 Å². The maximum Gasteiger partial charge on any atom is 0.261 e. The van der Waals surface area contributed by atoms with E-state index in [0.717, 1.165) is 16.9 Å². The van der Waals surface area contributed by atoms with Crippen molar-refractivity contribution in [3.8, 4) is 5.75 Å². The van der Waals surface area contributed by atoms with Crippen molar-refractivity contribution < 1.29 is 9.53 Å². The number of hydrogen-bond donors (Lipinski definition) is 0. The van der Waals surface area contributed by atoms with Gasteiger partial charge in [0.1, 0.15) is 5.75 Å². The number of carbonyl (C=O) groups is 1. The molecule has 4 heteroatoms. The van der Waals surface area contributed by atoms with Crippen molar-refractivity contribution >= 4 is 17.5 Å². The van der Waals surface area contributed by atoms with Gasteiger partial charge in [0.15, 0.2) is 6.61 Å². The van der Waals surface area contributed by atoms with Crippen LogP contribution in [0.3, 0.4) is 0 Å². The number of rotatable bonds is 2. The Morgan fingerprint density at radius 1 is 1.15 bits per heavy atom. The van der Waals surface area contributed by atoms with Crippen molar-refractivity contribution in [1.29, 1.82) is 0 Å². The van der Waals surface area contributed by atoms with Crippen LogP contribution in [0.15, 0.2) is 48.5 Å². The summed E-state index contributed by atoms with van der Waals surface area (Å²) in [5, 5.41) is 0.682. The van der Waals surface area contributed by atoms with Crippen molar-refractivity contribution in [3.63, 3.8) is 0 Å². The molecule has 102 valence electrons. The number of halogens is 1. The maximum atomic E-state index is 12.1. The Balaban J connectivity index is 1.84. The molecule has 2 aromatic rings. The van der Waals surface area contributed by atoms with Gasteiger partial charge in [-0.25, -0.2) is 0 Å². The van der Waals surface area contributed by atoms with E-state index in [-0.39, 0.29) is 12.5 Å². The van der Waals surface area contributed by atoms with Crippen LogP contribution in [0.4, 0.5) is 0 Å². The van der Waals surface area contributed by atoms with Crippen LogP contribution < -0.4 is 4.74 Å². The zero-order valence-electron chi connectivity index (χ0n) is 10.9. The smallest absolute Gasteiger partial charge is 0.261 e. The van der Waals surface area contributed by atoms with Gasteiger partial charge < -0.3 is 9.64 Å². The first kappa shape index (κ1) is 13.0. The summed E-state index contributed by atoms with van der Waals surface area (Å²) in [6.45, 7) is 1.18. The number of carbonyl (C=O) groups excluding carboxylic acids is 1. The molecular weight excluding hydrogens is 274 g/mol. The lowest BCUT2D eigenvalue weighted by Crippen LogP contribution is -2.31. The number of amides is 1. The Morgan fingerprint density at radius 3 is 2.85 bits per heavy atom. The molecule has 0 spiro atoms. The third-order valence-electron chi connectivity index (χ3n) is 3.30. The van der Waals surface area contributed by atoms with E-state index in [1.165, 1.54) is 0 Å². The predicted octanol–water partition coefficient (Wildman–Crippen LogP) is 3.26. The zero-order chi connectivity index (χ0) is 13.9. The van der Waals surface area contributed by atoms with Gasteiger partial charge in [0.25, 0.3) is 5.91 Å². The molecule has 2 aromatic carbocycles. The van der Waals surface area contributed by atoms with Crippen LogP contribution in [0.1, 0.15) is 11.1 Å². The van der Waals surface area contributed by atoms with Gasteiger partial charge in [-0.05, 0) is 23.8 Å². The summed E-state index contributed by atoms with van der Waals surface area (Å²) in [4.78, 5) is 13.9. The maximum absolute atomic E-state index is 12.1. The number of fused-ring (bicyclic) bond motifs is 1. The molecule has 3 nitrogen and oxygen atoms in total. The average Bonchev–Trinajstić information content (AvgIpc) is 2.59. The van der Waals surface area contributed by atoms with Gasteiger partial charge in [0, 0.05) is 23.7 Å². The first-order chi connectivity index (χ1) is 9.72. The Labute approximate surface area is 122 Å². The van der Waals surface area contributed by atoms with Gasteiger partial charge in [-0.3, -0.25) is 4.79 Å². The van der Waals surface area contributed by atoms with Crippen LogP contribution in [0, 0.1) is 0 Å². The predicted molar refractivity (Wildman–Crippen MR) is 77.6 cm³/mol. The summed E-state index contributed by atoms with van der Waals surface area (Å²) in [6, 6.07) is 15.3. The number of ether oxygens (including phenoxy) is 1. The van der Waals surface area contributed by atoms with Gasteiger partial charge in [0.05, 0.1) is 0 Å². The van der Waals surface area contributed by atoms with Gasteiger partial charge in [-0.2, -0.15) is 0 Å². The normalized spacial score (nSPS) is 14.4. The fourth-order valence-electron chi connectivity index (χ4n) is 2.30. The lowest BCUT2D eigenvalue weighted by molar-refractivity contribution is -0.133. The minimum absolute atomic E-state index is 0.0128. The number of benzene rings is 2. The van der Waals surface area contributed by atoms with Crippen molar-refractivity contribution in [3.05, 3.63) is 64.7 Å². The second-order valence-corrected chi connectivity index (χ2v) is 5.21. The highest BCUT2D eigenvalue weighted by atomic mass is 35.5. The molecular formula is C16H14ClNO2. The van der Waals surface area contributed by atoms with Crippen LogP contribution in [-0.4, -0.2) is 17.4 Å². The lowest BCUT2D eigenvalue weighted by atomic mass is 10.1. The Bertz CT molecular complexity index is 642. The van der Waals surface area contributed by atoms with Crippen LogP contribution in [-0.2, 0) is 17.9 Å². The largest absolute Gasteiger partial charge is 0.483 e. The minimum atomic E-state index is -0.0128. The average molecular weight is 288 g/mol. The molecule has 3 rings (SSSR count). The summed E-state index contributed by atoms with van der Waals surface area (Å²) in [7, 11) is 0. The quantitative estimate of drug-likeness (QED) is 0.848. The van der Waals surface area contributed by atoms with Crippen molar-refractivity contribution in [2.45, 2.75) is 13.1 Å². The zero-order valence-corrected chi connectivity index (χ0v) is 11.6. The molecule has 0 saturated carbocycles. The molecule has 0 radical (unpaired) electrons. The highest BCUT2D eigenvalue weighted by Gasteiger charge is 2.21. The van der Waals surface area contributed by atoms with Crippen LogP contribution in [0.25, 0.3) is 0 Å². The monoisotopic (exact) mass is 287 g/mol. The van der Waals surface area contributed by atoms with Crippen molar-refractivity contribution in [2.24, 2.45) is 0 Å². The molecule has 0 fully saturated rings. The van der Waals surface area contributed by atoms with Crippen molar-refractivity contribution in [1.82, 2.24) is 4.90 Å². The standard InChI is InChI=1S/C16H14ClNO2/c17-14-6-3-4-12(8-14)9-18-10-13-5-1-2-7-15(13)20-11-16(18)19/h1-8H,9-11H2. The number of hydrogen-bond acceptors (Lipinski definition) is 2. The molecule has 1 heterocycles. The van der Waals surface area contributed by atoms with E-state index in [2.05, 4.69) is 0 Å². The second kappa shape index (κ2) is 5.55. The first-order valence-electron chi connectivity index (χ1n) is 6.45. The Hall–Kier alpha value is -2.00. The Morgan fingerprint density at radius 2 is 2.00 bits per heavy atom. The molecule has 20 heavy (non-hydrogen) atoms. The molecule has 0 saturated heterocycles. The molecule has 1 aliphatic heterocycles. The molecule has 1 amide bonds. The third-order valence-corrected chi connectivity index (χ3v) is 3.54. The van der Waals surface area contributed by atoms with Crippen LogP contribution >= 0.6 is 11.6 Å². The second-order valence-electron chi connectivity index (χ2n) is 4.78. The van der Waals surface area contributed by atoms with E-state index < -0.39 is 0 Å². The number of nitrogens with zero attached hydrogens (tertiary/aromatic N) is 1. The van der Waals surface area contributed by atoms with E-state index in [1.807, 2.05) is 48.5 Å². The molecule has 0 atom stereocenters. The molecule has 0 bridgehead atoms. The molecule has 1 aliphatic rings. The van der Waals surface area contributed by atoms with Crippen LogP contribution in [0.2, 0.25) is 5.02 Å². The summed E-state index contributed by atoms with van der Waals surface area (Å²) in [6.07, 6.45) is 0. The van der Waals surface area contributed by atoms with E-state index >= 15 is 0 Å².